The van der Waals surface area contributed by atoms with Crippen molar-refractivity contribution in [3.8, 4) is 5.75 Å². The summed E-state index contributed by atoms with van der Waals surface area (Å²) in [6.45, 7) is 5.60. The molecule has 1 atom stereocenters. The summed E-state index contributed by atoms with van der Waals surface area (Å²) in [6, 6.07) is 10.4. The molecule has 3 aromatic rings. The standard InChI is InChI=1S/C25H21F2NO4S/c1-13(2)32-19-9-6-15(11-14(19)3)23(29)21-22(20-5-4-10-33-20)28(25(31)24(21)30)16-7-8-17(26)18(27)12-16/h4-13,22,29H,1-3H3/b23-21-. The molecule has 1 amide bonds. The fourth-order valence-electron chi connectivity index (χ4n) is 3.79. The average Bonchev–Trinajstić information content (AvgIpc) is 3.38. The number of ketones is 1. The minimum atomic E-state index is -1.14. The third kappa shape index (κ3) is 4.14. The van der Waals surface area contributed by atoms with Gasteiger partial charge in [0.1, 0.15) is 17.6 Å². The highest BCUT2D eigenvalue weighted by Crippen LogP contribution is 2.44. The molecule has 170 valence electrons. The molecule has 1 unspecified atom stereocenters. The molecule has 1 N–H and O–H groups in total. The van der Waals surface area contributed by atoms with E-state index < -0.39 is 29.4 Å². The van der Waals surface area contributed by atoms with Crippen LogP contribution in [0.15, 0.2) is 59.5 Å². The zero-order chi connectivity index (χ0) is 23.9. The highest BCUT2D eigenvalue weighted by molar-refractivity contribution is 7.10. The lowest BCUT2D eigenvalue weighted by molar-refractivity contribution is -0.132. The number of benzene rings is 2. The number of carbonyl (C=O) groups is 2. The van der Waals surface area contributed by atoms with Crippen molar-refractivity contribution in [2.45, 2.75) is 32.9 Å². The number of rotatable bonds is 5. The van der Waals surface area contributed by atoms with Gasteiger partial charge in [-0.1, -0.05) is 6.07 Å². The monoisotopic (exact) mass is 469 g/mol. The van der Waals surface area contributed by atoms with Crippen molar-refractivity contribution in [2.24, 2.45) is 0 Å². The van der Waals surface area contributed by atoms with Crippen LogP contribution in [-0.2, 0) is 9.59 Å². The predicted molar refractivity (Wildman–Crippen MR) is 122 cm³/mol. The molecule has 1 aromatic heterocycles. The number of aryl methyl sites for hydroxylation is 1. The van der Waals surface area contributed by atoms with Crippen molar-refractivity contribution in [3.05, 3.63) is 87.1 Å². The fraction of sp³-hybridized carbons (Fsp3) is 0.200. The minimum Gasteiger partial charge on any atom is -0.507 e. The first-order chi connectivity index (χ1) is 15.7. The van der Waals surface area contributed by atoms with E-state index in [-0.39, 0.29) is 23.1 Å². The van der Waals surface area contributed by atoms with Crippen LogP contribution in [0.5, 0.6) is 5.75 Å². The maximum Gasteiger partial charge on any atom is 0.300 e. The van der Waals surface area contributed by atoms with Gasteiger partial charge >= 0.3 is 0 Å². The van der Waals surface area contributed by atoms with E-state index in [2.05, 4.69) is 0 Å². The topological polar surface area (TPSA) is 66.8 Å². The number of thiophene rings is 1. The Labute approximate surface area is 193 Å². The van der Waals surface area contributed by atoms with E-state index in [1.165, 1.54) is 17.4 Å². The van der Waals surface area contributed by atoms with Gasteiger partial charge in [0.05, 0.1) is 11.7 Å². The molecule has 2 heterocycles. The zero-order valence-electron chi connectivity index (χ0n) is 18.1. The molecule has 4 rings (SSSR count). The van der Waals surface area contributed by atoms with Crippen LogP contribution >= 0.6 is 11.3 Å². The summed E-state index contributed by atoms with van der Waals surface area (Å²) >= 11 is 1.28. The molecule has 1 saturated heterocycles. The molecule has 1 aliphatic heterocycles. The van der Waals surface area contributed by atoms with E-state index in [0.717, 1.165) is 22.6 Å². The summed E-state index contributed by atoms with van der Waals surface area (Å²) in [6.07, 6.45) is -0.0385. The molecule has 0 bridgehead atoms. The summed E-state index contributed by atoms with van der Waals surface area (Å²) in [5.74, 6) is -3.76. The van der Waals surface area contributed by atoms with E-state index in [0.29, 0.717) is 16.2 Å². The van der Waals surface area contributed by atoms with Gasteiger partial charge in [-0.05, 0) is 68.1 Å². The Kier molecular flexibility index (Phi) is 6.03. The number of aliphatic hydroxyl groups is 1. The summed E-state index contributed by atoms with van der Waals surface area (Å²) in [5, 5.41) is 12.9. The number of ether oxygens (including phenoxy) is 1. The first kappa shape index (κ1) is 22.7. The SMILES string of the molecule is Cc1cc(/C(O)=C2/C(=O)C(=O)N(c3ccc(F)c(F)c3)C2c2cccs2)ccc1OC(C)C. The molecule has 33 heavy (non-hydrogen) atoms. The summed E-state index contributed by atoms with van der Waals surface area (Å²) in [4.78, 5) is 27.7. The minimum absolute atomic E-state index is 0.0188. The first-order valence-corrected chi connectivity index (χ1v) is 11.1. The van der Waals surface area contributed by atoms with Crippen molar-refractivity contribution in [2.75, 3.05) is 4.90 Å². The van der Waals surface area contributed by atoms with E-state index in [1.807, 2.05) is 20.8 Å². The first-order valence-electron chi connectivity index (χ1n) is 10.3. The molecule has 0 saturated carbocycles. The van der Waals surface area contributed by atoms with Gasteiger partial charge in [0.15, 0.2) is 11.6 Å². The zero-order valence-corrected chi connectivity index (χ0v) is 19.0. The van der Waals surface area contributed by atoms with Crippen LogP contribution in [0.4, 0.5) is 14.5 Å². The summed E-state index contributed by atoms with van der Waals surface area (Å²) in [7, 11) is 0. The number of hydrogen-bond donors (Lipinski definition) is 1. The van der Waals surface area contributed by atoms with E-state index >= 15 is 0 Å². The van der Waals surface area contributed by atoms with Crippen LogP contribution in [0, 0.1) is 18.6 Å². The number of carbonyl (C=O) groups excluding carboxylic acids is 2. The Morgan fingerprint density at radius 3 is 2.45 bits per heavy atom. The molecule has 1 fully saturated rings. The lowest BCUT2D eigenvalue weighted by Crippen LogP contribution is -2.29. The highest BCUT2D eigenvalue weighted by atomic mass is 32.1. The average molecular weight is 470 g/mol. The highest BCUT2D eigenvalue weighted by Gasteiger charge is 2.47. The van der Waals surface area contributed by atoms with E-state index in [9.17, 15) is 23.5 Å². The normalized spacial score (nSPS) is 17.8. The molecule has 0 spiro atoms. The second-order valence-corrected chi connectivity index (χ2v) is 8.91. The number of aliphatic hydroxyl groups excluding tert-OH is 1. The molecule has 1 aliphatic rings. The Hall–Kier alpha value is -3.52. The van der Waals surface area contributed by atoms with Crippen LogP contribution < -0.4 is 9.64 Å². The van der Waals surface area contributed by atoms with E-state index in [1.54, 1.807) is 35.7 Å². The molecular formula is C25H21F2NO4S. The van der Waals surface area contributed by atoms with Gasteiger partial charge in [-0.2, -0.15) is 0 Å². The molecular weight excluding hydrogens is 448 g/mol. The Balaban J connectivity index is 1.86. The van der Waals surface area contributed by atoms with Crippen molar-refractivity contribution < 1.29 is 28.2 Å². The predicted octanol–water partition coefficient (Wildman–Crippen LogP) is 5.75. The second-order valence-electron chi connectivity index (χ2n) is 7.93. The number of halogens is 2. The van der Waals surface area contributed by atoms with Crippen LogP contribution in [0.2, 0.25) is 0 Å². The van der Waals surface area contributed by atoms with Crippen LogP contribution in [-0.4, -0.2) is 22.9 Å². The third-order valence-corrected chi connectivity index (χ3v) is 6.17. The van der Waals surface area contributed by atoms with Crippen molar-refractivity contribution in [3.63, 3.8) is 0 Å². The smallest absolute Gasteiger partial charge is 0.300 e. The maximum absolute atomic E-state index is 14.0. The number of hydrogen-bond acceptors (Lipinski definition) is 5. The lowest BCUT2D eigenvalue weighted by Gasteiger charge is -2.24. The molecule has 8 heteroatoms. The van der Waals surface area contributed by atoms with Crippen LogP contribution in [0.3, 0.4) is 0 Å². The van der Waals surface area contributed by atoms with Gasteiger partial charge in [-0.15, -0.1) is 11.3 Å². The van der Waals surface area contributed by atoms with Crippen LogP contribution in [0.25, 0.3) is 5.76 Å². The van der Waals surface area contributed by atoms with Gasteiger partial charge in [-0.25, -0.2) is 8.78 Å². The Bertz CT molecular complexity index is 1270. The van der Waals surface area contributed by atoms with Gasteiger partial charge in [-0.3, -0.25) is 14.5 Å². The Morgan fingerprint density at radius 2 is 1.85 bits per heavy atom. The number of nitrogens with zero attached hydrogens (tertiary/aromatic N) is 1. The quantitative estimate of drug-likeness (QED) is 0.294. The van der Waals surface area contributed by atoms with Crippen molar-refractivity contribution >= 4 is 34.5 Å². The second kappa shape index (κ2) is 8.78. The summed E-state index contributed by atoms with van der Waals surface area (Å²) < 4.78 is 33.2. The maximum atomic E-state index is 14.0. The van der Waals surface area contributed by atoms with Gasteiger partial charge in [0.25, 0.3) is 11.7 Å². The molecule has 2 aromatic carbocycles. The van der Waals surface area contributed by atoms with E-state index in [4.69, 9.17) is 4.74 Å². The summed E-state index contributed by atoms with van der Waals surface area (Å²) in [5.41, 5.74) is 0.984. The molecule has 5 nitrogen and oxygen atoms in total. The number of anilines is 1. The van der Waals surface area contributed by atoms with Crippen molar-refractivity contribution in [1.82, 2.24) is 0 Å². The lowest BCUT2D eigenvalue weighted by atomic mass is 9.98. The number of Topliss-reactive ketones (excluding diaryl/α,β-unsaturated/α-hetero) is 1. The third-order valence-electron chi connectivity index (χ3n) is 5.25. The van der Waals surface area contributed by atoms with Gasteiger partial charge in [0, 0.05) is 22.2 Å². The van der Waals surface area contributed by atoms with Crippen LogP contribution in [0.1, 0.15) is 35.9 Å². The molecule has 0 aliphatic carbocycles. The Morgan fingerprint density at radius 1 is 1.09 bits per heavy atom. The van der Waals surface area contributed by atoms with Gasteiger partial charge < -0.3 is 9.84 Å². The van der Waals surface area contributed by atoms with Crippen molar-refractivity contribution in [1.29, 1.82) is 0 Å². The molecule has 0 radical (unpaired) electrons. The largest absolute Gasteiger partial charge is 0.507 e. The fourth-order valence-corrected chi connectivity index (χ4v) is 4.61. The number of amides is 1. The van der Waals surface area contributed by atoms with Gasteiger partial charge in [0.2, 0.25) is 0 Å².